The van der Waals surface area contributed by atoms with Crippen LogP contribution in [-0.4, -0.2) is 13.7 Å². The number of hydrogen-bond acceptors (Lipinski definition) is 3. The SMILES string of the molecule is COc1cc(Br)cc([C@@H](N)CN)c1. The number of methoxy groups -OCH3 is 1. The molecule has 0 saturated carbocycles. The van der Waals surface area contributed by atoms with Gasteiger partial charge in [0.05, 0.1) is 7.11 Å². The van der Waals surface area contributed by atoms with Crippen molar-refractivity contribution in [3.05, 3.63) is 28.2 Å². The maximum atomic E-state index is 5.79. The summed E-state index contributed by atoms with van der Waals surface area (Å²) in [5.41, 5.74) is 12.2. The van der Waals surface area contributed by atoms with Crippen molar-refractivity contribution in [1.29, 1.82) is 0 Å². The lowest BCUT2D eigenvalue weighted by molar-refractivity contribution is 0.413. The summed E-state index contributed by atoms with van der Waals surface area (Å²) in [7, 11) is 1.62. The summed E-state index contributed by atoms with van der Waals surface area (Å²) in [4.78, 5) is 0. The van der Waals surface area contributed by atoms with Gasteiger partial charge in [-0.1, -0.05) is 15.9 Å². The highest BCUT2D eigenvalue weighted by molar-refractivity contribution is 9.10. The monoisotopic (exact) mass is 244 g/mol. The summed E-state index contributed by atoms with van der Waals surface area (Å²) in [6.07, 6.45) is 0. The highest BCUT2D eigenvalue weighted by atomic mass is 79.9. The first-order chi connectivity index (χ1) is 6.17. The lowest BCUT2D eigenvalue weighted by Gasteiger charge is -2.11. The number of nitrogens with two attached hydrogens (primary N) is 2. The van der Waals surface area contributed by atoms with E-state index in [4.69, 9.17) is 16.2 Å². The van der Waals surface area contributed by atoms with Gasteiger partial charge in [-0.05, 0) is 23.8 Å². The summed E-state index contributed by atoms with van der Waals surface area (Å²) in [6.45, 7) is 0.430. The molecule has 1 aromatic rings. The fraction of sp³-hybridized carbons (Fsp3) is 0.333. The zero-order valence-corrected chi connectivity index (χ0v) is 9.04. The first-order valence-electron chi connectivity index (χ1n) is 3.97. The predicted molar refractivity (Wildman–Crippen MR) is 56.7 cm³/mol. The second-order valence-electron chi connectivity index (χ2n) is 2.77. The van der Waals surface area contributed by atoms with E-state index in [1.54, 1.807) is 7.11 Å². The zero-order chi connectivity index (χ0) is 9.84. The molecule has 0 aliphatic rings. The molecule has 0 unspecified atom stereocenters. The van der Waals surface area contributed by atoms with Crippen LogP contribution >= 0.6 is 15.9 Å². The third-order valence-electron chi connectivity index (χ3n) is 1.81. The molecule has 4 N–H and O–H groups in total. The average Bonchev–Trinajstić information content (AvgIpc) is 2.15. The minimum absolute atomic E-state index is 0.133. The van der Waals surface area contributed by atoms with Crippen LogP contribution in [0.3, 0.4) is 0 Å². The average molecular weight is 245 g/mol. The molecule has 3 nitrogen and oxygen atoms in total. The van der Waals surface area contributed by atoms with Crippen LogP contribution in [0.25, 0.3) is 0 Å². The molecule has 0 aromatic heterocycles. The molecule has 13 heavy (non-hydrogen) atoms. The summed E-state index contributed by atoms with van der Waals surface area (Å²) in [5, 5.41) is 0. The molecule has 72 valence electrons. The van der Waals surface area contributed by atoms with Gasteiger partial charge in [-0.25, -0.2) is 0 Å². The van der Waals surface area contributed by atoms with E-state index in [0.717, 1.165) is 15.8 Å². The van der Waals surface area contributed by atoms with Crippen molar-refractivity contribution in [3.8, 4) is 5.75 Å². The molecule has 0 fully saturated rings. The fourth-order valence-corrected chi connectivity index (χ4v) is 1.54. The minimum atomic E-state index is -0.133. The second kappa shape index (κ2) is 4.60. The molecule has 0 spiro atoms. The molecule has 0 bridgehead atoms. The van der Waals surface area contributed by atoms with Crippen LogP contribution in [0.15, 0.2) is 22.7 Å². The Morgan fingerprint density at radius 3 is 2.69 bits per heavy atom. The van der Waals surface area contributed by atoms with E-state index in [1.165, 1.54) is 0 Å². The van der Waals surface area contributed by atoms with Gasteiger partial charge in [-0.15, -0.1) is 0 Å². The van der Waals surface area contributed by atoms with Crippen LogP contribution in [0.1, 0.15) is 11.6 Å². The van der Waals surface area contributed by atoms with Gasteiger partial charge in [0.25, 0.3) is 0 Å². The highest BCUT2D eigenvalue weighted by Crippen LogP contribution is 2.23. The van der Waals surface area contributed by atoms with Crippen molar-refractivity contribution in [1.82, 2.24) is 0 Å². The largest absolute Gasteiger partial charge is 0.497 e. The maximum Gasteiger partial charge on any atom is 0.120 e. The number of ether oxygens (including phenoxy) is 1. The summed E-state index contributed by atoms with van der Waals surface area (Å²) in [5.74, 6) is 0.785. The molecule has 0 heterocycles. The molecule has 0 aliphatic carbocycles. The Labute approximate surface area is 86.2 Å². The predicted octanol–water partition coefficient (Wildman–Crippen LogP) is 1.42. The van der Waals surface area contributed by atoms with E-state index < -0.39 is 0 Å². The Bertz CT molecular complexity index is 291. The van der Waals surface area contributed by atoms with Gasteiger partial charge in [-0.2, -0.15) is 0 Å². The Morgan fingerprint density at radius 2 is 2.15 bits per heavy atom. The van der Waals surface area contributed by atoms with E-state index in [2.05, 4.69) is 15.9 Å². The maximum absolute atomic E-state index is 5.79. The Morgan fingerprint density at radius 1 is 1.46 bits per heavy atom. The molecule has 0 amide bonds. The summed E-state index contributed by atoms with van der Waals surface area (Å²) >= 11 is 3.37. The van der Waals surface area contributed by atoms with Crippen LogP contribution < -0.4 is 16.2 Å². The molecule has 4 heteroatoms. The lowest BCUT2D eigenvalue weighted by atomic mass is 10.1. The quantitative estimate of drug-likeness (QED) is 0.846. The van der Waals surface area contributed by atoms with Gasteiger partial charge >= 0.3 is 0 Å². The van der Waals surface area contributed by atoms with Crippen molar-refractivity contribution < 1.29 is 4.74 Å². The number of rotatable bonds is 3. The van der Waals surface area contributed by atoms with Gasteiger partial charge in [0, 0.05) is 17.1 Å². The molecule has 0 aliphatic heterocycles. The van der Waals surface area contributed by atoms with E-state index in [0.29, 0.717) is 6.54 Å². The van der Waals surface area contributed by atoms with Crippen LogP contribution in [0.2, 0.25) is 0 Å². The van der Waals surface area contributed by atoms with E-state index in [-0.39, 0.29) is 6.04 Å². The molecule has 0 saturated heterocycles. The molecule has 0 radical (unpaired) electrons. The highest BCUT2D eigenvalue weighted by Gasteiger charge is 2.06. The first kappa shape index (κ1) is 10.5. The van der Waals surface area contributed by atoms with Gasteiger partial charge < -0.3 is 16.2 Å². The Hall–Kier alpha value is -0.580. The molecular formula is C9H13BrN2O. The molecule has 1 rings (SSSR count). The number of hydrogen-bond donors (Lipinski definition) is 2. The first-order valence-corrected chi connectivity index (χ1v) is 4.76. The van der Waals surface area contributed by atoms with Crippen LogP contribution in [0, 0.1) is 0 Å². The fourth-order valence-electron chi connectivity index (χ4n) is 1.05. The second-order valence-corrected chi connectivity index (χ2v) is 3.68. The Kier molecular flexibility index (Phi) is 3.71. The van der Waals surface area contributed by atoms with Crippen molar-refractivity contribution in [2.75, 3.05) is 13.7 Å². The van der Waals surface area contributed by atoms with E-state index in [9.17, 15) is 0 Å². The van der Waals surface area contributed by atoms with Crippen molar-refractivity contribution in [3.63, 3.8) is 0 Å². The van der Waals surface area contributed by atoms with E-state index in [1.807, 2.05) is 18.2 Å². The standard InChI is InChI=1S/C9H13BrN2O/c1-13-8-3-6(9(12)5-11)2-7(10)4-8/h2-4,9H,5,11-12H2,1H3/t9-/m0/s1. The Balaban J connectivity index is 3.01. The van der Waals surface area contributed by atoms with Gasteiger partial charge in [0.1, 0.15) is 5.75 Å². The number of benzene rings is 1. The topological polar surface area (TPSA) is 61.3 Å². The van der Waals surface area contributed by atoms with Gasteiger partial charge in [-0.3, -0.25) is 0 Å². The van der Waals surface area contributed by atoms with E-state index >= 15 is 0 Å². The van der Waals surface area contributed by atoms with Crippen molar-refractivity contribution in [2.45, 2.75) is 6.04 Å². The number of halogens is 1. The molecular weight excluding hydrogens is 232 g/mol. The third kappa shape index (κ3) is 2.69. The van der Waals surface area contributed by atoms with Crippen molar-refractivity contribution >= 4 is 15.9 Å². The van der Waals surface area contributed by atoms with Crippen LogP contribution in [0.4, 0.5) is 0 Å². The summed E-state index contributed by atoms with van der Waals surface area (Å²) in [6, 6.07) is 5.58. The van der Waals surface area contributed by atoms with Crippen LogP contribution in [-0.2, 0) is 0 Å². The lowest BCUT2D eigenvalue weighted by Crippen LogP contribution is -2.20. The minimum Gasteiger partial charge on any atom is -0.497 e. The molecule has 1 aromatic carbocycles. The zero-order valence-electron chi connectivity index (χ0n) is 7.46. The van der Waals surface area contributed by atoms with Crippen molar-refractivity contribution in [2.24, 2.45) is 11.5 Å². The van der Waals surface area contributed by atoms with Gasteiger partial charge in [0.15, 0.2) is 0 Å². The molecule has 1 atom stereocenters. The summed E-state index contributed by atoms with van der Waals surface area (Å²) < 4.78 is 6.05. The van der Waals surface area contributed by atoms with Crippen LogP contribution in [0.5, 0.6) is 5.75 Å². The third-order valence-corrected chi connectivity index (χ3v) is 2.27. The normalized spacial score (nSPS) is 12.6. The smallest absolute Gasteiger partial charge is 0.120 e. The van der Waals surface area contributed by atoms with Gasteiger partial charge in [0.2, 0.25) is 0 Å².